The lowest BCUT2D eigenvalue weighted by Gasteiger charge is -2.17. The van der Waals surface area contributed by atoms with Crippen LogP contribution >= 0.6 is 22.9 Å². The summed E-state index contributed by atoms with van der Waals surface area (Å²) in [6.07, 6.45) is 1.82. The van der Waals surface area contributed by atoms with Crippen molar-refractivity contribution in [2.75, 3.05) is 22.1 Å². The summed E-state index contributed by atoms with van der Waals surface area (Å²) >= 11 is 7.49. The van der Waals surface area contributed by atoms with Crippen LogP contribution in [0.1, 0.15) is 60.0 Å². The summed E-state index contributed by atoms with van der Waals surface area (Å²) in [6, 6.07) is 12.4. The number of benzene rings is 2. The number of nitrogens with one attached hydrogen (secondary N) is 2. The molecule has 36 heavy (non-hydrogen) atoms. The maximum absolute atomic E-state index is 12.8. The molecule has 1 saturated heterocycles. The maximum atomic E-state index is 12.8. The first kappa shape index (κ1) is 25.8. The van der Waals surface area contributed by atoms with Crippen molar-refractivity contribution in [2.45, 2.75) is 46.0 Å². The summed E-state index contributed by atoms with van der Waals surface area (Å²) in [7, 11) is 0. The number of halogens is 1. The fourth-order valence-electron chi connectivity index (χ4n) is 4.13. The first-order valence-electron chi connectivity index (χ1n) is 11.9. The molecule has 188 valence electrons. The van der Waals surface area contributed by atoms with E-state index < -0.39 is 0 Å². The van der Waals surface area contributed by atoms with Gasteiger partial charge in [-0.25, -0.2) is 0 Å². The Kier molecular flexibility index (Phi) is 8.01. The zero-order valence-electron chi connectivity index (χ0n) is 20.4. The predicted octanol–water partition coefficient (Wildman–Crippen LogP) is 5.65. The summed E-state index contributed by atoms with van der Waals surface area (Å²) in [5, 5.41) is 15.6. The molecule has 2 aromatic carbocycles. The zero-order valence-corrected chi connectivity index (χ0v) is 21.9. The summed E-state index contributed by atoms with van der Waals surface area (Å²) in [5.41, 5.74) is 2.67. The van der Waals surface area contributed by atoms with Gasteiger partial charge in [0.2, 0.25) is 16.9 Å². The molecule has 1 aromatic heterocycles. The number of rotatable bonds is 8. The average Bonchev–Trinajstić information content (AvgIpc) is 3.48. The van der Waals surface area contributed by atoms with E-state index in [1.54, 1.807) is 35.2 Å². The van der Waals surface area contributed by atoms with Crippen molar-refractivity contribution < 1.29 is 14.4 Å². The minimum atomic E-state index is -0.352. The van der Waals surface area contributed by atoms with Gasteiger partial charge in [-0.3, -0.25) is 19.7 Å². The van der Waals surface area contributed by atoms with Crippen molar-refractivity contribution in [2.24, 2.45) is 5.92 Å². The molecule has 1 fully saturated rings. The second kappa shape index (κ2) is 11.2. The highest BCUT2D eigenvalue weighted by Gasteiger charge is 2.34. The molecule has 3 amide bonds. The van der Waals surface area contributed by atoms with Crippen molar-refractivity contribution in [3.8, 4) is 0 Å². The molecule has 8 nitrogen and oxygen atoms in total. The van der Waals surface area contributed by atoms with Gasteiger partial charge in [0.05, 0.1) is 0 Å². The maximum Gasteiger partial charge on any atom is 0.257 e. The zero-order chi connectivity index (χ0) is 25.8. The van der Waals surface area contributed by atoms with Gasteiger partial charge < -0.3 is 10.2 Å². The van der Waals surface area contributed by atoms with Crippen LogP contribution in [0.4, 0.5) is 16.5 Å². The molecular formula is C26H28ClN5O3S. The Morgan fingerprint density at radius 1 is 1.14 bits per heavy atom. The van der Waals surface area contributed by atoms with Crippen LogP contribution in [-0.2, 0) is 9.59 Å². The lowest BCUT2D eigenvalue weighted by atomic mass is 10.0. The molecule has 1 aliphatic heterocycles. The molecule has 1 aliphatic rings. The Balaban J connectivity index is 1.40. The second-order valence-electron chi connectivity index (χ2n) is 8.82. The van der Waals surface area contributed by atoms with E-state index in [0.717, 1.165) is 24.1 Å². The van der Waals surface area contributed by atoms with Crippen LogP contribution in [-0.4, -0.2) is 34.5 Å². The van der Waals surface area contributed by atoms with Crippen LogP contribution in [0, 0.1) is 12.8 Å². The number of hydrogen-bond donors (Lipinski definition) is 2. The molecular weight excluding hydrogens is 498 g/mol. The van der Waals surface area contributed by atoms with E-state index in [-0.39, 0.29) is 29.6 Å². The molecule has 0 aliphatic carbocycles. The molecule has 0 spiro atoms. The minimum Gasteiger partial charge on any atom is -0.326 e. The van der Waals surface area contributed by atoms with Gasteiger partial charge >= 0.3 is 0 Å². The Morgan fingerprint density at radius 2 is 1.92 bits per heavy atom. The standard InChI is InChI=1S/C26H28ClN5O3S/c1-4-16(5-2)23(34)28-19-8-6-7-17(11-19)24(35)29-26-31-30-25(36-26)18-12-22(33)32(14-18)20-10-9-15(3)21(27)13-20/h6-11,13,16,18H,4-5,12,14H2,1-3H3,(H,28,34)(H,29,31,35). The van der Waals surface area contributed by atoms with E-state index in [1.807, 2.05) is 32.9 Å². The molecule has 0 saturated carbocycles. The van der Waals surface area contributed by atoms with Crippen molar-refractivity contribution in [1.29, 1.82) is 0 Å². The van der Waals surface area contributed by atoms with Gasteiger partial charge in [-0.05, 0) is 55.7 Å². The number of carbonyl (C=O) groups is 3. The molecule has 3 aromatic rings. The van der Waals surface area contributed by atoms with E-state index >= 15 is 0 Å². The molecule has 10 heteroatoms. The fraction of sp³-hybridized carbons (Fsp3) is 0.346. The highest BCUT2D eigenvalue weighted by Crippen LogP contribution is 2.35. The van der Waals surface area contributed by atoms with Crippen molar-refractivity contribution in [1.82, 2.24) is 10.2 Å². The topological polar surface area (TPSA) is 104 Å². The lowest BCUT2D eigenvalue weighted by Crippen LogP contribution is -2.24. The third-order valence-electron chi connectivity index (χ3n) is 6.35. The van der Waals surface area contributed by atoms with Gasteiger partial charge in [-0.15, -0.1) is 10.2 Å². The van der Waals surface area contributed by atoms with Crippen molar-refractivity contribution in [3.63, 3.8) is 0 Å². The monoisotopic (exact) mass is 525 g/mol. The third kappa shape index (κ3) is 5.74. The van der Waals surface area contributed by atoms with E-state index in [9.17, 15) is 14.4 Å². The van der Waals surface area contributed by atoms with Crippen LogP contribution in [0.2, 0.25) is 5.02 Å². The number of nitrogens with zero attached hydrogens (tertiary/aromatic N) is 3. The molecule has 1 atom stereocenters. The Bertz CT molecular complexity index is 1290. The van der Waals surface area contributed by atoms with Crippen LogP contribution in [0.25, 0.3) is 0 Å². The van der Waals surface area contributed by atoms with Crippen LogP contribution in [0.5, 0.6) is 0 Å². The van der Waals surface area contributed by atoms with Crippen molar-refractivity contribution in [3.05, 3.63) is 63.6 Å². The number of aryl methyl sites for hydroxylation is 1. The normalized spacial score (nSPS) is 15.4. The predicted molar refractivity (Wildman–Crippen MR) is 143 cm³/mol. The number of carbonyl (C=O) groups excluding carboxylic acids is 3. The molecule has 2 heterocycles. The first-order chi connectivity index (χ1) is 17.3. The van der Waals surface area contributed by atoms with Gasteiger partial charge in [0.15, 0.2) is 0 Å². The summed E-state index contributed by atoms with van der Waals surface area (Å²) in [6.45, 7) is 6.34. The number of anilines is 3. The largest absolute Gasteiger partial charge is 0.326 e. The Morgan fingerprint density at radius 3 is 2.64 bits per heavy atom. The van der Waals surface area contributed by atoms with Gasteiger partial charge in [0.25, 0.3) is 5.91 Å². The average molecular weight is 526 g/mol. The number of hydrogen-bond acceptors (Lipinski definition) is 6. The van der Waals surface area contributed by atoms with Crippen LogP contribution in [0.15, 0.2) is 42.5 Å². The minimum absolute atomic E-state index is 0.00653. The number of amides is 3. The molecule has 4 rings (SSSR count). The van der Waals surface area contributed by atoms with Gasteiger partial charge in [-0.2, -0.15) is 0 Å². The lowest BCUT2D eigenvalue weighted by molar-refractivity contribution is -0.120. The van der Waals surface area contributed by atoms with Crippen molar-refractivity contribution >= 4 is 57.2 Å². The molecule has 0 radical (unpaired) electrons. The van der Waals surface area contributed by atoms with Crippen LogP contribution < -0.4 is 15.5 Å². The van der Waals surface area contributed by atoms with E-state index in [0.29, 0.717) is 39.4 Å². The Labute approximate surface area is 219 Å². The molecule has 0 bridgehead atoms. The molecule has 1 unspecified atom stereocenters. The van der Waals surface area contributed by atoms with Gasteiger partial charge in [0, 0.05) is 46.8 Å². The summed E-state index contributed by atoms with van der Waals surface area (Å²) in [5.74, 6) is -0.602. The van der Waals surface area contributed by atoms with E-state index in [4.69, 9.17) is 11.6 Å². The molecule has 2 N–H and O–H groups in total. The highest BCUT2D eigenvalue weighted by molar-refractivity contribution is 7.15. The first-order valence-corrected chi connectivity index (χ1v) is 13.1. The van der Waals surface area contributed by atoms with E-state index in [1.165, 1.54) is 11.3 Å². The second-order valence-corrected chi connectivity index (χ2v) is 10.2. The smallest absolute Gasteiger partial charge is 0.257 e. The SMILES string of the molecule is CCC(CC)C(=O)Nc1cccc(C(=O)Nc2nnc(C3CC(=O)N(c4ccc(C)c(Cl)c4)C3)s2)c1. The quantitative estimate of drug-likeness (QED) is 0.395. The van der Waals surface area contributed by atoms with E-state index in [2.05, 4.69) is 20.8 Å². The van der Waals surface area contributed by atoms with Gasteiger partial charge in [-0.1, -0.05) is 48.9 Å². The third-order valence-corrected chi connectivity index (χ3v) is 7.76. The van der Waals surface area contributed by atoms with Crippen LogP contribution in [0.3, 0.4) is 0 Å². The Hall–Kier alpha value is -3.30. The van der Waals surface area contributed by atoms with Gasteiger partial charge in [0.1, 0.15) is 5.01 Å². The summed E-state index contributed by atoms with van der Waals surface area (Å²) in [4.78, 5) is 39.6. The number of aromatic nitrogens is 2. The highest BCUT2D eigenvalue weighted by atomic mass is 35.5. The summed E-state index contributed by atoms with van der Waals surface area (Å²) < 4.78 is 0. The fourth-order valence-corrected chi connectivity index (χ4v) is 5.14.